The van der Waals surface area contributed by atoms with Crippen LogP contribution < -0.4 is 14.4 Å². The second-order valence-electron chi connectivity index (χ2n) is 6.56. The van der Waals surface area contributed by atoms with Gasteiger partial charge in [0, 0.05) is 4.47 Å². The van der Waals surface area contributed by atoms with Crippen LogP contribution in [0.2, 0.25) is 0 Å². The Morgan fingerprint density at radius 2 is 1.70 bits per heavy atom. The van der Waals surface area contributed by atoms with Crippen LogP contribution in [0, 0.1) is 0 Å². The zero-order valence-corrected chi connectivity index (χ0v) is 18.1. The molecule has 0 bridgehead atoms. The number of para-hydroxylation sites is 1. The summed E-state index contributed by atoms with van der Waals surface area (Å²) in [4.78, 5) is 19.7. The highest BCUT2D eigenvalue weighted by atomic mass is 79.9. The van der Waals surface area contributed by atoms with Gasteiger partial charge in [-0.1, -0.05) is 46.3 Å². The number of hydrogen-bond acceptors (Lipinski definition) is 4. The first-order valence-corrected chi connectivity index (χ1v) is 10.1. The molecule has 0 spiro atoms. The normalized spacial score (nSPS) is 14.8. The number of hydrogen-bond donors (Lipinski definition) is 0. The topological polar surface area (TPSA) is 51.1 Å². The molecule has 1 heterocycles. The van der Waals surface area contributed by atoms with Crippen molar-refractivity contribution in [2.45, 2.75) is 0 Å². The summed E-state index contributed by atoms with van der Waals surface area (Å²) in [5.41, 5.74) is 2.67. The van der Waals surface area contributed by atoms with Gasteiger partial charge in [-0.15, -0.1) is 0 Å². The van der Waals surface area contributed by atoms with Crippen LogP contribution in [0.15, 0.2) is 88.0 Å². The van der Waals surface area contributed by atoms with E-state index in [1.54, 1.807) is 25.2 Å². The van der Waals surface area contributed by atoms with Crippen molar-refractivity contribution in [3.8, 4) is 11.5 Å². The van der Waals surface area contributed by atoms with E-state index in [0.717, 1.165) is 27.0 Å². The number of amidine groups is 1. The number of benzene rings is 3. The summed E-state index contributed by atoms with van der Waals surface area (Å²) in [6.45, 7) is 0. The lowest BCUT2D eigenvalue weighted by Gasteiger charge is -2.20. The van der Waals surface area contributed by atoms with Crippen LogP contribution in [0.1, 0.15) is 11.1 Å². The molecule has 3 aromatic rings. The molecule has 1 aliphatic rings. The number of anilines is 1. The maximum absolute atomic E-state index is 13.4. The van der Waals surface area contributed by atoms with Gasteiger partial charge in [-0.05, 0) is 54.1 Å². The summed E-state index contributed by atoms with van der Waals surface area (Å²) < 4.78 is 11.6. The molecule has 0 fully saturated rings. The Balaban J connectivity index is 1.84. The van der Waals surface area contributed by atoms with Gasteiger partial charge in [-0.2, -0.15) is 0 Å². The van der Waals surface area contributed by atoms with Gasteiger partial charge in [0.05, 0.1) is 25.5 Å². The molecule has 150 valence electrons. The number of rotatable bonds is 5. The molecule has 1 amide bonds. The predicted octanol–water partition coefficient (Wildman–Crippen LogP) is 5.30. The van der Waals surface area contributed by atoms with Crippen LogP contribution in [0.3, 0.4) is 0 Å². The zero-order valence-electron chi connectivity index (χ0n) is 16.5. The van der Waals surface area contributed by atoms with Crippen molar-refractivity contribution >= 4 is 39.4 Å². The van der Waals surface area contributed by atoms with Gasteiger partial charge in [0.2, 0.25) is 0 Å². The van der Waals surface area contributed by atoms with E-state index in [9.17, 15) is 4.79 Å². The fraction of sp³-hybridized carbons (Fsp3) is 0.0833. The third-order valence-electron chi connectivity index (χ3n) is 4.69. The average molecular weight is 463 g/mol. The number of methoxy groups -OCH3 is 2. The van der Waals surface area contributed by atoms with E-state index in [4.69, 9.17) is 14.5 Å². The smallest absolute Gasteiger partial charge is 0.282 e. The van der Waals surface area contributed by atoms with Crippen molar-refractivity contribution in [2.24, 2.45) is 4.99 Å². The molecule has 1 aliphatic heterocycles. The molecule has 0 radical (unpaired) electrons. The molecular formula is C24H19BrN2O3. The lowest BCUT2D eigenvalue weighted by atomic mass is 10.1. The van der Waals surface area contributed by atoms with Crippen LogP contribution in [-0.2, 0) is 4.79 Å². The molecule has 0 unspecified atom stereocenters. The predicted molar refractivity (Wildman–Crippen MR) is 122 cm³/mol. The Kier molecular flexibility index (Phi) is 5.68. The van der Waals surface area contributed by atoms with Gasteiger partial charge in [-0.25, -0.2) is 4.99 Å². The standard InChI is InChI=1S/C24H19BrN2O3/c1-29-19-12-10-16(11-13-19)14-21-24(28)27(18-7-5-6-17(25)15-18)23(26-21)20-8-3-4-9-22(20)30-2/h3-15H,1-2H3/b21-14-. The number of halogens is 1. The van der Waals surface area contributed by atoms with Gasteiger partial charge < -0.3 is 9.47 Å². The van der Waals surface area contributed by atoms with Gasteiger partial charge in [0.1, 0.15) is 17.2 Å². The fourth-order valence-corrected chi connectivity index (χ4v) is 3.63. The average Bonchev–Trinajstić information content (AvgIpc) is 3.10. The Hall–Kier alpha value is -3.38. The Morgan fingerprint density at radius 3 is 2.40 bits per heavy atom. The first-order chi connectivity index (χ1) is 14.6. The highest BCUT2D eigenvalue weighted by Crippen LogP contribution is 2.32. The summed E-state index contributed by atoms with van der Waals surface area (Å²) in [6, 6.07) is 22.6. The second kappa shape index (κ2) is 8.55. The van der Waals surface area contributed by atoms with Crippen LogP contribution in [-0.4, -0.2) is 26.0 Å². The van der Waals surface area contributed by atoms with Crippen LogP contribution >= 0.6 is 15.9 Å². The maximum atomic E-state index is 13.4. The largest absolute Gasteiger partial charge is 0.497 e. The van der Waals surface area contributed by atoms with E-state index in [2.05, 4.69) is 15.9 Å². The van der Waals surface area contributed by atoms with Crippen molar-refractivity contribution in [3.63, 3.8) is 0 Å². The van der Waals surface area contributed by atoms with Crippen molar-refractivity contribution in [1.29, 1.82) is 0 Å². The number of carbonyl (C=O) groups excluding carboxylic acids is 1. The third-order valence-corrected chi connectivity index (χ3v) is 5.19. The minimum Gasteiger partial charge on any atom is -0.497 e. The van der Waals surface area contributed by atoms with E-state index < -0.39 is 0 Å². The number of ether oxygens (including phenoxy) is 2. The fourth-order valence-electron chi connectivity index (χ4n) is 3.24. The number of aliphatic imine (C=N–C) groups is 1. The van der Waals surface area contributed by atoms with Crippen molar-refractivity contribution in [3.05, 3.63) is 94.1 Å². The quantitative estimate of drug-likeness (QED) is 0.483. The van der Waals surface area contributed by atoms with E-state index >= 15 is 0 Å². The van der Waals surface area contributed by atoms with Crippen LogP contribution in [0.4, 0.5) is 5.69 Å². The Labute approximate surface area is 183 Å². The van der Waals surface area contributed by atoms with Crippen molar-refractivity contribution in [2.75, 3.05) is 19.1 Å². The Bertz CT molecular complexity index is 1150. The molecule has 4 rings (SSSR count). The van der Waals surface area contributed by atoms with Crippen molar-refractivity contribution < 1.29 is 14.3 Å². The summed E-state index contributed by atoms with van der Waals surface area (Å²) in [5.74, 6) is 1.72. The van der Waals surface area contributed by atoms with E-state index in [1.165, 1.54) is 0 Å². The number of nitrogens with zero attached hydrogens (tertiary/aromatic N) is 2. The van der Waals surface area contributed by atoms with Gasteiger partial charge >= 0.3 is 0 Å². The van der Waals surface area contributed by atoms with E-state index in [1.807, 2.05) is 72.8 Å². The minimum absolute atomic E-state index is 0.204. The summed E-state index contributed by atoms with van der Waals surface area (Å²) in [6.07, 6.45) is 1.77. The minimum atomic E-state index is -0.204. The molecule has 5 nitrogen and oxygen atoms in total. The summed E-state index contributed by atoms with van der Waals surface area (Å²) in [5, 5.41) is 0. The molecule has 3 aromatic carbocycles. The molecule has 0 N–H and O–H groups in total. The lowest BCUT2D eigenvalue weighted by molar-refractivity contribution is -0.113. The van der Waals surface area contributed by atoms with Crippen LogP contribution in [0.25, 0.3) is 6.08 Å². The SMILES string of the molecule is COc1ccc(/C=C2\N=C(c3ccccc3OC)N(c3cccc(Br)c3)C2=O)cc1. The monoisotopic (exact) mass is 462 g/mol. The van der Waals surface area contributed by atoms with Crippen molar-refractivity contribution in [1.82, 2.24) is 0 Å². The maximum Gasteiger partial charge on any atom is 0.282 e. The first kappa shape index (κ1) is 19.9. The van der Waals surface area contributed by atoms with Gasteiger partial charge in [0.25, 0.3) is 5.91 Å². The second-order valence-corrected chi connectivity index (χ2v) is 7.47. The van der Waals surface area contributed by atoms with Gasteiger partial charge in [-0.3, -0.25) is 9.69 Å². The van der Waals surface area contributed by atoms with E-state index in [-0.39, 0.29) is 5.91 Å². The van der Waals surface area contributed by atoms with Crippen LogP contribution in [0.5, 0.6) is 11.5 Å². The van der Waals surface area contributed by atoms with E-state index in [0.29, 0.717) is 17.3 Å². The molecule has 0 atom stereocenters. The molecular weight excluding hydrogens is 444 g/mol. The third kappa shape index (κ3) is 3.86. The summed E-state index contributed by atoms with van der Waals surface area (Å²) in [7, 11) is 3.22. The molecule has 0 aromatic heterocycles. The lowest BCUT2D eigenvalue weighted by Crippen LogP contribution is -2.32. The number of amides is 1. The van der Waals surface area contributed by atoms with Gasteiger partial charge in [0.15, 0.2) is 5.84 Å². The molecule has 6 heteroatoms. The number of carbonyl (C=O) groups is 1. The highest BCUT2D eigenvalue weighted by molar-refractivity contribution is 9.10. The Morgan fingerprint density at radius 1 is 0.933 bits per heavy atom. The molecule has 0 aliphatic carbocycles. The zero-order chi connectivity index (χ0) is 21.1. The molecule has 0 saturated heterocycles. The first-order valence-electron chi connectivity index (χ1n) is 9.28. The summed E-state index contributed by atoms with van der Waals surface area (Å²) >= 11 is 3.49. The highest BCUT2D eigenvalue weighted by Gasteiger charge is 2.33. The molecule has 0 saturated carbocycles. The molecule has 30 heavy (non-hydrogen) atoms.